The average Bonchev–Trinajstić information content (AvgIpc) is 3.26. The third kappa shape index (κ3) is 4.72. The maximum Gasteiger partial charge on any atom is 0.365 e. The fraction of sp³-hybridized carbons (Fsp3) is 0.850. The minimum absolute atomic E-state index is 0.240. The largest absolute Gasteiger partial charge is 0.477 e. The van der Waals surface area contributed by atoms with E-state index in [1.807, 2.05) is 0 Å². The number of esters is 1. The number of nitrogens with two attached hydrogens (primary N) is 2. The number of carbonyl (C=O) groups excluding carboxylic acids is 2. The summed E-state index contributed by atoms with van der Waals surface area (Å²) in [6, 6.07) is -2.48. The summed E-state index contributed by atoms with van der Waals surface area (Å²) in [4.78, 5) is 38.1. The molecule has 8 nitrogen and oxygen atoms in total. The number of quaternary nitrogens is 1. The first-order valence-electron chi connectivity index (χ1n) is 10.7. The van der Waals surface area contributed by atoms with E-state index in [0.717, 1.165) is 32.1 Å². The summed E-state index contributed by atoms with van der Waals surface area (Å²) in [6.45, 7) is 2.96. The SMILES string of the molecule is CCCCCC1CC([N+]2(C(=O)[C@@H](N)CCCCN)CCC[C@H]2C(=O)O)C(=O)O1. The Labute approximate surface area is 167 Å². The molecule has 0 radical (unpaired) electrons. The standard InChI is InChI=1S/C20H35N3O5/c1-2-3-4-8-14-13-17(20(27)28-14)23(12-7-10-16(23)19(25)26)18(24)15(22)9-5-6-11-21/h14-17H,2-13,21-22H2,1H3/p+1/t14?,15-,16-,17?,23?/m0/s1. The van der Waals surface area contributed by atoms with Gasteiger partial charge in [-0.05, 0) is 38.6 Å². The van der Waals surface area contributed by atoms with Crippen LogP contribution in [0, 0.1) is 0 Å². The maximum absolute atomic E-state index is 13.4. The molecule has 2 rings (SSSR count). The fourth-order valence-electron chi connectivity index (χ4n) is 4.80. The van der Waals surface area contributed by atoms with Gasteiger partial charge in [0.2, 0.25) is 0 Å². The fourth-order valence-corrected chi connectivity index (χ4v) is 4.80. The first-order chi connectivity index (χ1) is 13.4. The molecule has 2 fully saturated rings. The highest BCUT2D eigenvalue weighted by Crippen LogP contribution is 2.38. The number of likely N-dealkylation sites (tertiary alicyclic amines) is 1. The number of amides is 1. The van der Waals surface area contributed by atoms with Crippen LogP contribution in [0.2, 0.25) is 0 Å². The van der Waals surface area contributed by atoms with Gasteiger partial charge in [-0.25, -0.2) is 18.9 Å². The molecule has 0 bridgehead atoms. The van der Waals surface area contributed by atoms with Gasteiger partial charge in [-0.2, -0.15) is 0 Å². The topological polar surface area (TPSA) is 133 Å². The molecule has 0 aromatic carbocycles. The number of cyclic esters (lactones) is 1. The Morgan fingerprint density at radius 1 is 1.29 bits per heavy atom. The zero-order chi connectivity index (χ0) is 20.7. The Morgan fingerprint density at radius 3 is 2.68 bits per heavy atom. The molecule has 1 amide bonds. The second kappa shape index (κ2) is 10.3. The van der Waals surface area contributed by atoms with Crippen molar-refractivity contribution in [3.05, 3.63) is 0 Å². The quantitative estimate of drug-likeness (QED) is 0.271. The summed E-state index contributed by atoms with van der Waals surface area (Å²) >= 11 is 0. The molecule has 2 heterocycles. The zero-order valence-electron chi connectivity index (χ0n) is 17.0. The number of carbonyl (C=O) groups is 3. The highest BCUT2D eigenvalue weighted by molar-refractivity contribution is 5.85. The van der Waals surface area contributed by atoms with Gasteiger partial charge in [0.15, 0.2) is 12.1 Å². The van der Waals surface area contributed by atoms with Crippen molar-refractivity contribution >= 4 is 17.8 Å². The van der Waals surface area contributed by atoms with Crippen LogP contribution in [0.4, 0.5) is 0 Å². The number of carboxylic acid groups (broad SMARTS) is 1. The number of carboxylic acids is 1. The summed E-state index contributed by atoms with van der Waals surface area (Å²) in [5.41, 5.74) is 11.7. The van der Waals surface area contributed by atoms with Crippen LogP contribution < -0.4 is 11.5 Å². The Bertz CT molecular complexity index is 570. The van der Waals surface area contributed by atoms with Gasteiger partial charge >= 0.3 is 17.8 Å². The zero-order valence-corrected chi connectivity index (χ0v) is 17.0. The van der Waals surface area contributed by atoms with Crippen molar-refractivity contribution in [1.82, 2.24) is 0 Å². The van der Waals surface area contributed by atoms with Crippen LogP contribution in [0.5, 0.6) is 0 Å². The van der Waals surface area contributed by atoms with E-state index in [0.29, 0.717) is 45.2 Å². The van der Waals surface area contributed by atoms with Crippen molar-refractivity contribution in [2.75, 3.05) is 13.1 Å². The van der Waals surface area contributed by atoms with Gasteiger partial charge in [-0.15, -0.1) is 0 Å². The van der Waals surface area contributed by atoms with E-state index in [1.54, 1.807) is 0 Å². The number of hydrogen-bond donors (Lipinski definition) is 3. The summed E-state index contributed by atoms with van der Waals surface area (Å²) in [7, 11) is 0. The Hall–Kier alpha value is -1.51. The molecule has 8 heteroatoms. The number of ether oxygens (including phenoxy) is 1. The number of aliphatic carboxylic acids is 1. The molecule has 5 atom stereocenters. The van der Waals surface area contributed by atoms with Crippen LogP contribution in [0.15, 0.2) is 0 Å². The van der Waals surface area contributed by atoms with E-state index in [9.17, 15) is 19.5 Å². The highest BCUT2D eigenvalue weighted by atomic mass is 16.6. The van der Waals surface area contributed by atoms with Crippen LogP contribution in [0.1, 0.15) is 71.1 Å². The lowest BCUT2D eigenvalue weighted by atomic mass is 9.98. The van der Waals surface area contributed by atoms with Crippen LogP contribution in [0.25, 0.3) is 0 Å². The molecule has 0 spiro atoms. The first-order valence-corrected chi connectivity index (χ1v) is 10.7. The Kier molecular flexibility index (Phi) is 8.39. The van der Waals surface area contributed by atoms with E-state index in [4.69, 9.17) is 16.2 Å². The van der Waals surface area contributed by atoms with E-state index in [2.05, 4.69) is 6.92 Å². The van der Waals surface area contributed by atoms with Crippen molar-refractivity contribution in [2.24, 2.45) is 11.5 Å². The van der Waals surface area contributed by atoms with E-state index in [1.165, 1.54) is 0 Å². The van der Waals surface area contributed by atoms with Gasteiger partial charge < -0.3 is 21.3 Å². The first kappa shape index (κ1) is 22.8. The number of unbranched alkanes of at least 4 members (excludes halogenated alkanes) is 3. The molecule has 28 heavy (non-hydrogen) atoms. The van der Waals surface area contributed by atoms with Gasteiger partial charge in [0.05, 0.1) is 6.54 Å². The number of rotatable bonds is 11. The lowest BCUT2D eigenvalue weighted by Gasteiger charge is -2.40. The molecular formula is C20H36N3O5+. The molecule has 3 unspecified atom stereocenters. The van der Waals surface area contributed by atoms with Crippen LogP contribution >= 0.6 is 0 Å². The predicted octanol–water partition coefficient (Wildman–Crippen LogP) is 1.30. The predicted molar refractivity (Wildman–Crippen MR) is 104 cm³/mol. The molecular weight excluding hydrogens is 362 g/mol. The minimum Gasteiger partial charge on any atom is -0.477 e. The molecule has 5 N–H and O–H groups in total. The summed E-state index contributed by atoms with van der Waals surface area (Å²) in [6.07, 6.45) is 6.87. The normalized spacial score (nSPS) is 31.0. The second-order valence-corrected chi connectivity index (χ2v) is 8.19. The molecule has 0 aromatic heterocycles. The van der Waals surface area contributed by atoms with E-state index in [-0.39, 0.29) is 16.5 Å². The van der Waals surface area contributed by atoms with E-state index < -0.39 is 30.1 Å². The minimum atomic E-state index is -1.04. The Balaban J connectivity index is 2.23. The molecule has 160 valence electrons. The van der Waals surface area contributed by atoms with Gasteiger partial charge in [0.1, 0.15) is 12.1 Å². The molecule has 2 aliphatic rings. The van der Waals surface area contributed by atoms with Crippen LogP contribution in [-0.4, -0.2) is 64.8 Å². The molecule has 0 aromatic rings. The smallest absolute Gasteiger partial charge is 0.365 e. The van der Waals surface area contributed by atoms with Gasteiger partial charge in [0.25, 0.3) is 0 Å². The van der Waals surface area contributed by atoms with Crippen LogP contribution in [-0.2, 0) is 19.1 Å². The summed E-state index contributed by atoms with van der Waals surface area (Å²) in [5, 5.41) is 9.80. The van der Waals surface area contributed by atoms with Gasteiger partial charge in [0, 0.05) is 19.3 Å². The molecule has 0 aliphatic carbocycles. The number of hydrogen-bond acceptors (Lipinski definition) is 6. The average molecular weight is 399 g/mol. The third-order valence-corrected chi connectivity index (χ3v) is 6.27. The van der Waals surface area contributed by atoms with Crippen molar-refractivity contribution in [3.8, 4) is 0 Å². The van der Waals surface area contributed by atoms with Gasteiger partial charge in [-0.1, -0.05) is 19.8 Å². The van der Waals surface area contributed by atoms with E-state index >= 15 is 0 Å². The number of nitrogens with zero attached hydrogens (tertiary/aromatic N) is 1. The third-order valence-electron chi connectivity index (χ3n) is 6.27. The second-order valence-electron chi connectivity index (χ2n) is 8.19. The highest BCUT2D eigenvalue weighted by Gasteiger charge is 2.62. The lowest BCUT2D eigenvalue weighted by molar-refractivity contribution is -0.874. The van der Waals surface area contributed by atoms with Crippen molar-refractivity contribution in [3.63, 3.8) is 0 Å². The van der Waals surface area contributed by atoms with Crippen molar-refractivity contribution in [1.29, 1.82) is 0 Å². The van der Waals surface area contributed by atoms with Crippen molar-refractivity contribution in [2.45, 2.75) is 95.4 Å². The van der Waals surface area contributed by atoms with Gasteiger partial charge in [-0.3, -0.25) is 0 Å². The summed E-state index contributed by atoms with van der Waals surface area (Å²) in [5.74, 6) is -1.82. The lowest BCUT2D eigenvalue weighted by Crippen LogP contribution is -2.69. The maximum atomic E-state index is 13.4. The monoisotopic (exact) mass is 398 g/mol. The molecule has 2 aliphatic heterocycles. The Morgan fingerprint density at radius 2 is 2.04 bits per heavy atom. The molecule has 0 saturated carbocycles. The molecule has 2 saturated heterocycles. The van der Waals surface area contributed by atoms with Crippen LogP contribution in [0.3, 0.4) is 0 Å². The summed E-state index contributed by atoms with van der Waals surface area (Å²) < 4.78 is 5.18. The van der Waals surface area contributed by atoms with Crippen molar-refractivity contribution < 1.29 is 28.7 Å².